The van der Waals surface area contributed by atoms with Gasteiger partial charge >= 0.3 is 5.97 Å². The Bertz CT molecular complexity index is 618. The lowest BCUT2D eigenvalue weighted by Gasteiger charge is -2.13. The highest BCUT2D eigenvalue weighted by Crippen LogP contribution is 2.14. The van der Waals surface area contributed by atoms with Crippen molar-refractivity contribution in [2.75, 3.05) is 0 Å². The molecule has 0 aliphatic rings. The molecule has 0 fully saturated rings. The lowest BCUT2D eigenvalue weighted by Crippen LogP contribution is -2.32. The number of aliphatic carboxylic acids is 1. The van der Waals surface area contributed by atoms with Gasteiger partial charge in [0.1, 0.15) is 0 Å². The summed E-state index contributed by atoms with van der Waals surface area (Å²) >= 11 is 0. The fourth-order valence-electron chi connectivity index (χ4n) is 2.13. The first-order chi connectivity index (χ1) is 9.56. The van der Waals surface area contributed by atoms with Crippen molar-refractivity contribution in [1.82, 2.24) is 10.3 Å². The third kappa shape index (κ3) is 3.60. The van der Waals surface area contributed by atoms with Crippen molar-refractivity contribution in [3.05, 3.63) is 36.0 Å². The molecule has 2 rings (SSSR count). The monoisotopic (exact) mass is 274 g/mol. The van der Waals surface area contributed by atoms with E-state index < -0.39 is 5.97 Å². The van der Waals surface area contributed by atoms with E-state index >= 15 is 0 Å². The number of benzene rings is 1. The molecule has 1 aromatic carbocycles. The van der Waals surface area contributed by atoms with Gasteiger partial charge < -0.3 is 15.4 Å². The maximum Gasteiger partial charge on any atom is 0.303 e. The second kappa shape index (κ2) is 6.23. The number of carboxylic acids is 1. The van der Waals surface area contributed by atoms with Gasteiger partial charge in [-0.15, -0.1) is 0 Å². The molecule has 0 spiro atoms. The standard InChI is InChI=1S/C15H18N2O3/c1-10(3-2-4-14(18)19)17-15(20)12-6-5-11-7-8-16-13(11)9-12/h5-10,16H,2-4H2,1H3,(H,17,20)(H,18,19). The van der Waals surface area contributed by atoms with Crippen LogP contribution in [0.4, 0.5) is 0 Å². The smallest absolute Gasteiger partial charge is 0.303 e. The first-order valence-corrected chi connectivity index (χ1v) is 6.66. The summed E-state index contributed by atoms with van der Waals surface area (Å²) in [6, 6.07) is 7.41. The number of hydrogen-bond donors (Lipinski definition) is 3. The molecule has 106 valence electrons. The van der Waals surface area contributed by atoms with Crippen molar-refractivity contribution in [3.63, 3.8) is 0 Å². The summed E-state index contributed by atoms with van der Waals surface area (Å²) in [6.45, 7) is 1.88. The van der Waals surface area contributed by atoms with Gasteiger partial charge in [0.2, 0.25) is 0 Å². The van der Waals surface area contributed by atoms with Gasteiger partial charge in [-0.3, -0.25) is 9.59 Å². The molecule has 1 unspecified atom stereocenters. The average Bonchev–Trinajstić information content (AvgIpc) is 2.85. The number of fused-ring (bicyclic) bond motifs is 1. The van der Waals surface area contributed by atoms with Gasteiger partial charge in [-0.1, -0.05) is 6.07 Å². The second-order valence-electron chi connectivity index (χ2n) is 4.94. The molecule has 0 aliphatic carbocycles. The van der Waals surface area contributed by atoms with E-state index in [-0.39, 0.29) is 18.4 Å². The van der Waals surface area contributed by atoms with Crippen LogP contribution in [0, 0.1) is 0 Å². The summed E-state index contributed by atoms with van der Waals surface area (Å²) in [6.07, 6.45) is 3.19. The van der Waals surface area contributed by atoms with Crippen LogP contribution in [0.2, 0.25) is 0 Å². The Labute approximate surface area is 117 Å². The molecule has 5 heteroatoms. The van der Waals surface area contributed by atoms with Gasteiger partial charge in [0.15, 0.2) is 0 Å². The van der Waals surface area contributed by atoms with Gasteiger partial charge in [-0.05, 0) is 43.4 Å². The minimum absolute atomic E-state index is 0.0406. The molecule has 20 heavy (non-hydrogen) atoms. The number of carbonyl (C=O) groups is 2. The molecule has 2 aromatic rings. The third-order valence-corrected chi connectivity index (χ3v) is 3.22. The second-order valence-corrected chi connectivity index (χ2v) is 4.94. The first-order valence-electron chi connectivity index (χ1n) is 6.66. The lowest BCUT2D eigenvalue weighted by atomic mass is 10.1. The van der Waals surface area contributed by atoms with E-state index in [2.05, 4.69) is 10.3 Å². The van der Waals surface area contributed by atoms with E-state index in [1.54, 1.807) is 6.07 Å². The molecule has 1 aromatic heterocycles. The number of nitrogens with one attached hydrogen (secondary N) is 2. The molecule has 5 nitrogen and oxygen atoms in total. The topological polar surface area (TPSA) is 82.2 Å². The van der Waals surface area contributed by atoms with E-state index in [9.17, 15) is 9.59 Å². The van der Waals surface area contributed by atoms with Crippen LogP contribution in [0.25, 0.3) is 10.9 Å². The summed E-state index contributed by atoms with van der Waals surface area (Å²) in [5, 5.41) is 12.5. The number of hydrogen-bond acceptors (Lipinski definition) is 2. The van der Waals surface area contributed by atoms with Crippen molar-refractivity contribution in [2.24, 2.45) is 0 Å². The Hall–Kier alpha value is -2.30. The molecule has 0 radical (unpaired) electrons. The van der Waals surface area contributed by atoms with Crippen LogP contribution in [0.3, 0.4) is 0 Å². The number of rotatable bonds is 6. The molecule has 1 heterocycles. The van der Waals surface area contributed by atoms with Crippen LogP contribution in [-0.2, 0) is 4.79 Å². The summed E-state index contributed by atoms with van der Waals surface area (Å²) in [4.78, 5) is 25.6. The Kier molecular flexibility index (Phi) is 4.40. The number of carbonyl (C=O) groups excluding carboxylic acids is 1. The zero-order valence-corrected chi connectivity index (χ0v) is 11.3. The lowest BCUT2D eigenvalue weighted by molar-refractivity contribution is -0.137. The fraction of sp³-hybridized carbons (Fsp3) is 0.333. The first kappa shape index (κ1) is 14.1. The highest BCUT2D eigenvalue weighted by molar-refractivity contribution is 5.98. The maximum absolute atomic E-state index is 12.1. The van der Waals surface area contributed by atoms with Gasteiger partial charge in [-0.2, -0.15) is 0 Å². The van der Waals surface area contributed by atoms with Crippen molar-refractivity contribution >= 4 is 22.8 Å². The molecule has 0 aliphatic heterocycles. The van der Waals surface area contributed by atoms with E-state index in [0.29, 0.717) is 18.4 Å². The van der Waals surface area contributed by atoms with Gasteiger partial charge in [0.05, 0.1) is 0 Å². The molecule has 0 bridgehead atoms. The quantitative estimate of drug-likeness (QED) is 0.757. The van der Waals surface area contributed by atoms with Gasteiger partial charge in [-0.25, -0.2) is 0 Å². The molecular weight excluding hydrogens is 256 g/mol. The van der Waals surface area contributed by atoms with Crippen LogP contribution >= 0.6 is 0 Å². The third-order valence-electron chi connectivity index (χ3n) is 3.22. The molecule has 1 amide bonds. The molecular formula is C15H18N2O3. The Morgan fingerprint density at radius 3 is 2.90 bits per heavy atom. The minimum atomic E-state index is -0.805. The highest BCUT2D eigenvalue weighted by Gasteiger charge is 2.11. The van der Waals surface area contributed by atoms with Crippen molar-refractivity contribution < 1.29 is 14.7 Å². The predicted molar refractivity (Wildman–Crippen MR) is 76.7 cm³/mol. The van der Waals surface area contributed by atoms with Crippen LogP contribution in [0.1, 0.15) is 36.5 Å². The molecule has 0 saturated heterocycles. The molecule has 1 atom stereocenters. The van der Waals surface area contributed by atoms with Crippen LogP contribution in [0.5, 0.6) is 0 Å². The van der Waals surface area contributed by atoms with E-state index in [1.165, 1.54) is 0 Å². The number of amides is 1. The largest absolute Gasteiger partial charge is 0.481 e. The highest BCUT2D eigenvalue weighted by atomic mass is 16.4. The summed E-state index contributed by atoms with van der Waals surface area (Å²) in [5.74, 6) is -0.940. The van der Waals surface area contributed by atoms with Crippen LogP contribution in [-0.4, -0.2) is 28.0 Å². The number of carboxylic acid groups (broad SMARTS) is 1. The zero-order valence-electron chi connectivity index (χ0n) is 11.3. The normalized spacial score (nSPS) is 12.2. The molecule has 3 N–H and O–H groups in total. The minimum Gasteiger partial charge on any atom is -0.481 e. The van der Waals surface area contributed by atoms with Gasteiger partial charge in [0, 0.05) is 29.7 Å². The van der Waals surface area contributed by atoms with Crippen molar-refractivity contribution in [3.8, 4) is 0 Å². The summed E-state index contributed by atoms with van der Waals surface area (Å²) in [5.41, 5.74) is 1.53. The number of aromatic nitrogens is 1. The van der Waals surface area contributed by atoms with Crippen LogP contribution < -0.4 is 5.32 Å². The SMILES string of the molecule is CC(CCCC(=O)O)NC(=O)c1ccc2cc[nH]c2c1. The predicted octanol–water partition coefficient (Wildman–Crippen LogP) is 2.54. The molecule has 0 saturated carbocycles. The summed E-state index contributed by atoms with van der Waals surface area (Å²) < 4.78 is 0. The van der Waals surface area contributed by atoms with Crippen molar-refractivity contribution in [1.29, 1.82) is 0 Å². The van der Waals surface area contributed by atoms with E-state index in [0.717, 1.165) is 10.9 Å². The van der Waals surface area contributed by atoms with E-state index in [1.807, 2.05) is 31.3 Å². The number of H-pyrrole nitrogens is 1. The van der Waals surface area contributed by atoms with Crippen molar-refractivity contribution in [2.45, 2.75) is 32.2 Å². The fourth-order valence-corrected chi connectivity index (χ4v) is 2.13. The maximum atomic E-state index is 12.1. The van der Waals surface area contributed by atoms with E-state index in [4.69, 9.17) is 5.11 Å². The Balaban J connectivity index is 1.91. The van der Waals surface area contributed by atoms with Gasteiger partial charge in [0.25, 0.3) is 5.91 Å². The summed E-state index contributed by atoms with van der Waals surface area (Å²) in [7, 11) is 0. The zero-order chi connectivity index (χ0) is 14.5. The number of aromatic amines is 1. The average molecular weight is 274 g/mol. The Morgan fingerprint density at radius 1 is 1.35 bits per heavy atom. The van der Waals surface area contributed by atoms with Crippen LogP contribution in [0.15, 0.2) is 30.5 Å². The Morgan fingerprint density at radius 2 is 2.15 bits per heavy atom.